The minimum Gasteiger partial charge on any atom is -0.393 e. The first-order chi connectivity index (χ1) is 7.47. The average molecular weight is 241 g/mol. The lowest BCUT2D eigenvalue weighted by Gasteiger charge is -2.25. The molecule has 0 aromatic rings. The Hall–Kier alpha value is -0.330. The number of halogens is 3. The molecule has 0 unspecified atom stereocenters. The van der Waals surface area contributed by atoms with Crippen LogP contribution in [0.1, 0.15) is 25.7 Å². The van der Waals surface area contributed by atoms with Crippen molar-refractivity contribution in [2.45, 2.75) is 38.1 Å². The van der Waals surface area contributed by atoms with Gasteiger partial charge in [0.25, 0.3) is 0 Å². The van der Waals surface area contributed by atoms with E-state index in [1.165, 1.54) is 0 Å². The Balaban J connectivity index is 1.95. The normalized spacial score (nSPS) is 27.0. The van der Waals surface area contributed by atoms with Gasteiger partial charge in [-0.25, -0.2) is 0 Å². The van der Waals surface area contributed by atoms with Crippen LogP contribution in [0.2, 0.25) is 0 Å². The number of ether oxygens (including phenoxy) is 1. The second kappa shape index (κ2) is 6.42. The summed E-state index contributed by atoms with van der Waals surface area (Å²) in [6, 6.07) is 0. The van der Waals surface area contributed by atoms with Crippen molar-refractivity contribution in [2.75, 3.05) is 19.7 Å². The predicted molar refractivity (Wildman–Crippen MR) is 52.8 cm³/mol. The second-order valence-electron chi connectivity index (χ2n) is 4.17. The molecule has 1 saturated carbocycles. The Kier molecular flexibility index (Phi) is 5.51. The number of alkyl halides is 3. The molecule has 1 rings (SSSR count). The van der Waals surface area contributed by atoms with Crippen molar-refractivity contribution in [1.29, 1.82) is 0 Å². The highest BCUT2D eigenvalue weighted by molar-refractivity contribution is 4.72. The van der Waals surface area contributed by atoms with Crippen LogP contribution in [0.5, 0.6) is 0 Å². The molecule has 1 aliphatic carbocycles. The van der Waals surface area contributed by atoms with Crippen molar-refractivity contribution in [3.63, 3.8) is 0 Å². The van der Waals surface area contributed by atoms with E-state index < -0.39 is 6.36 Å². The molecule has 16 heavy (non-hydrogen) atoms. The maximum absolute atomic E-state index is 11.6. The molecular formula is C10H18F3NO2. The summed E-state index contributed by atoms with van der Waals surface area (Å²) in [5, 5.41) is 12.2. The van der Waals surface area contributed by atoms with Crippen LogP contribution >= 0.6 is 0 Å². The topological polar surface area (TPSA) is 41.5 Å². The zero-order valence-electron chi connectivity index (χ0n) is 9.09. The van der Waals surface area contributed by atoms with Gasteiger partial charge in [-0.1, -0.05) is 0 Å². The Morgan fingerprint density at radius 1 is 1.19 bits per heavy atom. The third-order valence-corrected chi connectivity index (χ3v) is 2.79. The molecule has 2 N–H and O–H groups in total. The van der Waals surface area contributed by atoms with Gasteiger partial charge in [0.15, 0.2) is 0 Å². The molecule has 0 atom stereocenters. The number of aliphatic hydroxyl groups excluding tert-OH is 1. The largest absolute Gasteiger partial charge is 0.522 e. The zero-order chi connectivity index (χ0) is 12.0. The van der Waals surface area contributed by atoms with Crippen LogP contribution < -0.4 is 5.32 Å². The molecule has 0 radical (unpaired) electrons. The van der Waals surface area contributed by atoms with E-state index in [9.17, 15) is 18.3 Å². The molecule has 96 valence electrons. The Morgan fingerprint density at radius 2 is 1.81 bits per heavy atom. The SMILES string of the molecule is OC1CCC(CNCCOC(F)(F)F)CC1. The van der Waals surface area contributed by atoms with Gasteiger partial charge < -0.3 is 10.4 Å². The molecule has 0 aromatic heterocycles. The van der Waals surface area contributed by atoms with Gasteiger partial charge in [-0.3, -0.25) is 4.74 Å². The standard InChI is InChI=1S/C10H18F3NO2/c11-10(12,13)16-6-5-14-7-8-1-3-9(15)4-2-8/h8-9,14-15H,1-7H2. The van der Waals surface area contributed by atoms with E-state index in [4.69, 9.17) is 0 Å². The first-order valence-electron chi connectivity index (χ1n) is 5.57. The lowest BCUT2D eigenvalue weighted by Crippen LogP contribution is -2.31. The van der Waals surface area contributed by atoms with Crippen LogP contribution in [-0.2, 0) is 4.74 Å². The minimum atomic E-state index is -4.53. The molecule has 0 amide bonds. The summed E-state index contributed by atoms with van der Waals surface area (Å²) in [4.78, 5) is 0. The van der Waals surface area contributed by atoms with Gasteiger partial charge in [0.1, 0.15) is 0 Å². The summed E-state index contributed by atoms with van der Waals surface area (Å²) >= 11 is 0. The van der Waals surface area contributed by atoms with Crippen molar-refractivity contribution in [3.8, 4) is 0 Å². The Labute approximate surface area is 93.0 Å². The van der Waals surface area contributed by atoms with Gasteiger partial charge >= 0.3 is 6.36 Å². The maximum atomic E-state index is 11.6. The molecule has 0 heterocycles. The molecule has 1 aliphatic rings. The number of nitrogens with one attached hydrogen (secondary N) is 1. The van der Waals surface area contributed by atoms with Gasteiger partial charge in [0, 0.05) is 6.54 Å². The highest BCUT2D eigenvalue weighted by atomic mass is 19.4. The molecule has 6 heteroatoms. The van der Waals surface area contributed by atoms with Gasteiger partial charge in [-0.2, -0.15) is 0 Å². The van der Waals surface area contributed by atoms with E-state index in [-0.39, 0.29) is 19.3 Å². The molecule has 3 nitrogen and oxygen atoms in total. The van der Waals surface area contributed by atoms with E-state index in [0.717, 1.165) is 25.7 Å². The van der Waals surface area contributed by atoms with E-state index in [2.05, 4.69) is 10.1 Å². The number of hydrogen-bond donors (Lipinski definition) is 2. The smallest absolute Gasteiger partial charge is 0.393 e. The summed E-state index contributed by atoms with van der Waals surface area (Å²) in [7, 11) is 0. The molecule has 0 bridgehead atoms. The first-order valence-corrected chi connectivity index (χ1v) is 5.57. The third kappa shape index (κ3) is 6.30. The number of hydrogen-bond acceptors (Lipinski definition) is 3. The summed E-state index contributed by atoms with van der Waals surface area (Å²) in [5.41, 5.74) is 0. The highest BCUT2D eigenvalue weighted by Gasteiger charge is 2.28. The van der Waals surface area contributed by atoms with Crippen LogP contribution in [0.25, 0.3) is 0 Å². The zero-order valence-corrected chi connectivity index (χ0v) is 9.09. The molecule has 0 saturated heterocycles. The summed E-state index contributed by atoms with van der Waals surface area (Å²) < 4.78 is 38.4. The fourth-order valence-electron chi connectivity index (χ4n) is 1.89. The average Bonchev–Trinajstić information content (AvgIpc) is 2.19. The van der Waals surface area contributed by atoms with E-state index >= 15 is 0 Å². The van der Waals surface area contributed by atoms with E-state index in [0.29, 0.717) is 12.5 Å². The Bertz CT molecular complexity index is 191. The highest BCUT2D eigenvalue weighted by Crippen LogP contribution is 2.23. The van der Waals surface area contributed by atoms with Gasteiger partial charge in [-0.05, 0) is 38.1 Å². The van der Waals surface area contributed by atoms with E-state index in [1.54, 1.807) is 0 Å². The van der Waals surface area contributed by atoms with Crippen molar-refractivity contribution in [1.82, 2.24) is 5.32 Å². The summed E-state index contributed by atoms with van der Waals surface area (Å²) in [6.07, 6.45) is -1.25. The molecule has 0 aliphatic heterocycles. The molecule has 0 aromatic carbocycles. The summed E-state index contributed by atoms with van der Waals surface area (Å²) in [6.45, 7) is 0.561. The third-order valence-electron chi connectivity index (χ3n) is 2.79. The maximum Gasteiger partial charge on any atom is 0.522 e. The molecular weight excluding hydrogens is 223 g/mol. The summed E-state index contributed by atoms with van der Waals surface area (Å²) in [5.74, 6) is 0.467. The molecule has 0 spiro atoms. The van der Waals surface area contributed by atoms with Crippen molar-refractivity contribution < 1.29 is 23.0 Å². The first kappa shape index (κ1) is 13.7. The number of aliphatic hydroxyl groups is 1. The van der Waals surface area contributed by atoms with Crippen molar-refractivity contribution in [3.05, 3.63) is 0 Å². The van der Waals surface area contributed by atoms with Crippen LogP contribution in [0.3, 0.4) is 0 Å². The van der Waals surface area contributed by atoms with Crippen LogP contribution in [0.4, 0.5) is 13.2 Å². The van der Waals surface area contributed by atoms with Crippen molar-refractivity contribution >= 4 is 0 Å². The van der Waals surface area contributed by atoms with Crippen LogP contribution in [0.15, 0.2) is 0 Å². The van der Waals surface area contributed by atoms with Crippen LogP contribution in [0, 0.1) is 5.92 Å². The Morgan fingerprint density at radius 3 is 2.38 bits per heavy atom. The lowest BCUT2D eigenvalue weighted by molar-refractivity contribution is -0.323. The predicted octanol–water partition coefficient (Wildman–Crippen LogP) is 1.66. The second-order valence-corrected chi connectivity index (χ2v) is 4.17. The quantitative estimate of drug-likeness (QED) is 0.719. The van der Waals surface area contributed by atoms with Gasteiger partial charge in [0.05, 0.1) is 12.7 Å². The van der Waals surface area contributed by atoms with Gasteiger partial charge in [0.2, 0.25) is 0 Å². The molecule has 1 fully saturated rings. The van der Waals surface area contributed by atoms with Crippen molar-refractivity contribution in [2.24, 2.45) is 5.92 Å². The number of rotatable bonds is 5. The fraction of sp³-hybridized carbons (Fsp3) is 1.00. The van der Waals surface area contributed by atoms with Crippen LogP contribution in [-0.4, -0.2) is 37.3 Å². The lowest BCUT2D eigenvalue weighted by atomic mass is 9.87. The minimum absolute atomic E-state index is 0.190. The van der Waals surface area contributed by atoms with Gasteiger partial charge in [-0.15, -0.1) is 13.2 Å². The fourth-order valence-corrected chi connectivity index (χ4v) is 1.89. The van der Waals surface area contributed by atoms with E-state index in [1.807, 2.05) is 0 Å². The monoisotopic (exact) mass is 241 g/mol.